The van der Waals surface area contributed by atoms with Gasteiger partial charge in [-0.05, 0) is 37.1 Å². The van der Waals surface area contributed by atoms with Gasteiger partial charge in [0, 0.05) is 16.8 Å². The molecule has 2 heterocycles. The molecule has 1 fully saturated rings. The minimum Gasteiger partial charge on any atom is -0.376 e. The number of amides is 1. The third-order valence-electron chi connectivity index (χ3n) is 3.59. The molecular weight excluding hydrogens is 396 g/mol. The quantitative estimate of drug-likeness (QED) is 0.710. The van der Waals surface area contributed by atoms with Crippen LogP contribution in [0.25, 0.3) is 0 Å². The molecular formula is C15H17BrN4O3S. The predicted molar refractivity (Wildman–Crippen MR) is 95.3 cm³/mol. The van der Waals surface area contributed by atoms with Crippen LogP contribution in [-0.4, -0.2) is 39.1 Å². The van der Waals surface area contributed by atoms with Gasteiger partial charge in [0.1, 0.15) is 0 Å². The van der Waals surface area contributed by atoms with Gasteiger partial charge in [0.15, 0.2) is 5.16 Å². The minimum absolute atomic E-state index is 0.0382. The van der Waals surface area contributed by atoms with Crippen molar-refractivity contribution in [2.24, 2.45) is 0 Å². The molecule has 1 saturated heterocycles. The number of hydrogen-bond donors (Lipinski definition) is 2. The van der Waals surface area contributed by atoms with Crippen molar-refractivity contribution >= 4 is 39.3 Å². The van der Waals surface area contributed by atoms with E-state index < -0.39 is 0 Å². The summed E-state index contributed by atoms with van der Waals surface area (Å²) in [5, 5.41) is 9.74. The van der Waals surface area contributed by atoms with Gasteiger partial charge in [-0.1, -0.05) is 27.7 Å². The Balaban J connectivity index is 1.57. The van der Waals surface area contributed by atoms with Gasteiger partial charge < -0.3 is 10.1 Å². The average molecular weight is 413 g/mol. The fraction of sp³-hybridized carbons (Fsp3) is 0.400. The van der Waals surface area contributed by atoms with Crippen molar-refractivity contribution in [1.29, 1.82) is 0 Å². The van der Waals surface area contributed by atoms with Gasteiger partial charge in [-0.25, -0.2) is 9.89 Å². The Labute approximate surface area is 151 Å². The largest absolute Gasteiger partial charge is 0.376 e. The molecule has 128 valence electrons. The van der Waals surface area contributed by atoms with Crippen LogP contribution >= 0.6 is 27.7 Å². The molecule has 0 bridgehead atoms. The van der Waals surface area contributed by atoms with Crippen molar-refractivity contribution in [3.63, 3.8) is 0 Å². The second kappa shape index (κ2) is 8.00. The zero-order valence-corrected chi connectivity index (χ0v) is 15.2. The van der Waals surface area contributed by atoms with Gasteiger partial charge in [-0.2, -0.15) is 0 Å². The van der Waals surface area contributed by atoms with E-state index in [-0.39, 0.29) is 23.5 Å². The molecule has 7 nitrogen and oxygen atoms in total. The van der Waals surface area contributed by atoms with Gasteiger partial charge in [0.2, 0.25) is 5.91 Å². The first-order chi connectivity index (χ1) is 11.6. The maximum atomic E-state index is 12.0. The summed E-state index contributed by atoms with van der Waals surface area (Å²) in [5.74, 6) is 0.0211. The van der Waals surface area contributed by atoms with Gasteiger partial charge in [-0.15, -0.1) is 5.10 Å². The van der Waals surface area contributed by atoms with Gasteiger partial charge >= 0.3 is 5.69 Å². The highest BCUT2D eigenvalue weighted by Gasteiger charge is 2.20. The van der Waals surface area contributed by atoms with E-state index in [1.165, 1.54) is 16.3 Å². The highest BCUT2D eigenvalue weighted by molar-refractivity contribution is 9.10. The highest BCUT2D eigenvalue weighted by Crippen LogP contribution is 2.19. The molecule has 24 heavy (non-hydrogen) atoms. The normalized spacial score (nSPS) is 17.1. The molecule has 0 aliphatic carbocycles. The fourth-order valence-corrected chi connectivity index (χ4v) is 3.45. The Kier molecular flexibility index (Phi) is 5.75. The van der Waals surface area contributed by atoms with E-state index >= 15 is 0 Å². The minimum atomic E-state index is -0.277. The summed E-state index contributed by atoms with van der Waals surface area (Å²) in [6.07, 6.45) is 1.98. The van der Waals surface area contributed by atoms with Crippen molar-refractivity contribution in [2.45, 2.75) is 30.6 Å². The van der Waals surface area contributed by atoms with Gasteiger partial charge in [0.05, 0.1) is 18.4 Å². The Morgan fingerprint density at radius 3 is 2.96 bits per heavy atom. The first-order valence-electron chi connectivity index (χ1n) is 7.57. The summed E-state index contributed by atoms with van der Waals surface area (Å²) in [5.41, 5.74) is 0.448. The number of ether oxygens (including phenoxy) is 1. The molecule has 1 aliphatic heterocycles. The molecule has 1 unspecified atom stereocenters. The number of aromatic nitrogens is 3. The van der Waals surface area contributed by atoms with Gasteiger partial charge in [-0.3, -0.25) is 9.36 Å². The zero-order valence-electron chi connectivity index (χ0n) is 12.8. The van der Waals surface area contributed by atoms with E-state index in [2.05, 4.69) is 31.4 Å². The van der Waals surface area contributed by atoms with Crippen LogP contribution in [0, 0.1) is 0 Å². The number of rotatable bonds is 6. The monoisotopic (exact) mass is 412 g/mol. The lowest BCUT2D eigenvalue weighted by atomic mass is 10.2. The maximum absolute atomic E-state index is 12.0. The standard InChI is InChI=1S/C15H17BrN4O3S/c16-10-3-5-11(6-4-10)17-13(21)9-24-15-19-18-14(22)20(15)8-12-2-1-7-23-12/h3-6,12H,1-2,7-9H2,(H,17,21)(H,18,22). The number of carbonyl (C=O) groups excluding carboxylic acids is 1. The van der Waals surface area contributed by atoms with Crippen molar-refractivity contribution < 1.29 is 9.53 Å². The summed E-state index contributed by atoms with van der Waals surface area (Å²) in [4.78, 5) is 23.9. The number of thioether (sulfide) groups is 1. The Morgan fingerprint density at radius 1 is 1.46 bits per heavy atom. The zero-order chi connectivity index (χ0) is 16.9. The molecule has 0 spiro atoms. The fourth-order valence-electron chi connectivity index (χ4n) is 2.43. The second-order valence-electron chi connectivity index (χ2n) is 5.40. The Hall–Kier alpha value is -1.58. The number of aromatic amines is 1. The predicted octanol–water partition coefficient (Wildman–Crippen LogP) is 2.24. The molecule has 3 rings (SSSR count). The smallest absolute Gasteiger partial charge is 0.344 e. The van der Waals surface area contributed by atoms with Crippen molar-refractivity contribution in [2.75, 3.05) is 17.7 Å². The number of nitrogens with zero attached hydrogens (tertiary/aromatic N) is 2. The van der Waals surface area contributed by atoms with Crippen LogP contribution in [0.4, 0.5) is 5.69 Å². The van der Waals surface area contributed by atoms with Crippen LogP contribution in [0.5, 0.6) is 0 Å². The van der Waals surface area contributed by atoms with Crippen LogP contribution < -0.4 is 11.0 Å². The van der Waals surface area contributed by atoms with Crippen LogP contribution in [0.1, 0.15) is 12.8 Å². The number of hydrogen-bond acceptors (Lipinski definition) is 5. The third kappa shape index (κ3) is 4.49. The van der Waals surface area contributed by atoms with Gasteiger partial charge in [0.25, 0.3) is 0 Å². The number of H-pyrrole nitrogens is 1. The maximum Gasteiger partial charge on any atom is 0.344 e. The number of carbonyl (C=O) groups is 1. The SMILES string of the molecule is O=C(CSc1n[nH]c(=O)n1CC1CCCO1)Nc1ccc(Br)cc1. The van der Waals surface area contributed by atoms with E-state index in [0.29, 0.717) is 11.7 Å². The summed E-state index contributed by atoms with van der Waals surface area (Å²) in [6, 6.07) is 7.34. The van der Waals surface area contributed by atoms with E-state index in [0.717, 1.165) is 29.6 Å². The van der Waals surface area contributed by atoms with Crippen molar-refractivity contribution in [3.8, 4) is 0 Å². The first-order valence-corrected chi connectivity index (χ1v) is 9.35. The number of benzene rings is 1. The van der Waals surface area contributed by atoms with Crippen molar-refractivity contribution in [1.82, 2.24) is 14.8 Å². The molecule has 0 radical (unpaired) electrons. The molecule has 1 aromatic heterocycles. The summed E-state index contributed by atoms with van der Waals surface area (Å²) < 4.78 is 8.04. The highest BCUT2D eigenvalue weighted by atomic mass is 79.9. The second-order valence-corrected chi connectivity index (χ2v) is 7.26. The third-order valence-corrected chi connectivity index (χ3v) is 5.10. The molecule has 1 aromatic carbocycles. The van der Waals surface area contributed by atoms with E-state index in [9.17, 15) is 9.59 Å². The number of halogens is 1. The molecule has 2 N–H and O–H groups in total. The van der Waals surface area contributed by atoms with E-state index in [4.69, 9.17) is 4.74 Å². The van der Waals surface area contributed by atoms with Crippen molar-refractivity contribution in [3.05, 3.63) is 39.2 Å². The van der Waals surface area contributed by atoms with E-state index in [1.54, 1.807) is 0 Å². The molecule has 2 aromatic rings. The molecule has 1 atom stereocenters. The lowest BCUT2D eigenvalue weighted by molar-refractivity contribution is -0.113. The van der Waals surface area contributed by atoms with Crippen LogP contribution in [0.3, 0.4) is 0 Å². The lowest BCUT2D eigenvalue weighted by Crippen LogP contribution is -2.25. The molecule has 1 aliphatic rings. The van der Waals surface area contributed by atoms with Crippen LogP contribution in [0.15, 0.2) is 38.7 Å². The topological polar surface area (TPSA) is 89.0 Å². The van der Waals surface area contributed by atoms with E-state index in [1.807, 2.05) is 24.3 Å². The summed E-state index contributed by atoms with van der Waals surface area (Å²) >= 11 is 4.57. The Bertz CT molecular complexity index is 753. The number of anilines is 1. The first kappa shape index (κ1) is 17.2. The molecule has 0 saturated carbocycles. The Morgan fingerprint density at radius 2 is 2.25 bits per heavy atom. The lowest BCUT2D eigenvalue weighted by Gasteiger charge is -2.11. The molecule has 9 heteroatoms. The average Bonchev–Trinajstić information content (AvgIpc) is 3.19. The number of nitrogens with one attached hydrogen (secondary N) is 2. The van der Waals surface area contributed by atoms with Crippen LogP contribution in [0.2, 0.25) is 0 Å². The van der Waals surface area contributed by atoms with Crippen LogP contribution in [-0.2, 0) is 16.1 Å². The summed E-state index contributed by atoms with van der Waals surface area (Å²) in [7, 11) is 0. The molecule has 1 amide bonds. The summed E-state index contributed by atoms with van der Waals surface area (Å²) in [6.45, 7) is 1.20.